The SMILES string of the molecule is C#CCCCC[C@@H](C)C(=O)NCCCC[C@H]1C(C)=CC(=O)N1C(=O)CCCCCC=C. The van der Waals surface area contributed by atoms with E-state index in [1.54, 1.807) is 6.08 Å². The van der Waals surface area contributed by atoms with Crippen molar-refractivity contribution in [3.63, 3.8) is 0 Å². The summed E-state index contributed by atoms with van der Waals surface area (Å²) in [4.78, 5) is 38.5. The predicted octanol–water partition coefficient (Wildman–Crippen LogP) is 4.92. The van der Waals surface area contributed by atoms with Crippen molar-refractivity contribution >= 4 is 17.7 Å². The smallest absolute Gasteiger partial charge is 0.253 e. The normalized spacial score (nSPS) is 16.5. The van der Waals surface area contributed by atoms with Gasteiger partial charge in [-0.05, 0) is 63.9 Å². The summed E-state index contributed by atoms with van der Waals surface area (Å²) in [7, 11) is 0. The molecule has 0 saturated heterocycles. The van der Waals surface area contributed by atoms with Gasteiger partial charge in [-0.2, -0.15) is 0 Å². The molecule has 5 nitrogen and oxygen atoms in total. The Morgan fingerprint density at radius 3 is 2.71 bits per heavy atom. The largest absolute Gasteiger partial charge is 0.356 e. The van der Waals surface area contributed by atoms with Crippen molar-refractivity contribution in [2.75, 3.05) is 6.54 Å². The summed E-state index contributed by atoms with van der Waals surface area (Å²) in [6.45, 7) is 8.19. The molecular formula is C26H40N2O3. The van der Waals surface area contributed by atoms with Crippen LogP contribution in [0.15, 0.2) is 24.3 Å². The highest BCUT2D eigenvalue weighted by Crippen LogP contribution is 2.25. The minimum Gasteiger partial charge on any atom is -0.356 e. The molecule has 31 heavy (non-hydrogen) atoms. The first-order chi connectivity index (χ1) is 14.9. The summed E-state index contributed by atoms with van der Waals surface area (Å²) in [5, 5.41) is 3.00. The first kappa shape index (κ1) is 26.7. The van der Waals surface area contributed by atoms with Crippen LogP contribution in [0.5, 0.6) is 0 Å². The average Bonchev–Trinajstić information content (AvgIpc) is 3.03. The molecule has 0 radical (unpaired) electrons. The van der Waals surface area contributed by atoms with E-state index in [2.05, 4.69) is 17.8 Å². The van der Waals surface area contributed by atoms with Crippen LogP contribution >= 0.6 is 0 Å². The van der Waals surface area contributed by atoms with Crippen molar-refractivity contribution in [2.45, 2.75) is 96.9 Å². The fraction of sp³-hybridized carbons (Fsp3) is 0.654. The van der Waals surface area contributed by atoms with Crippen LogP contribution in [0.3, 0.4) is 0 Å². The third-order valence-electron chi connectivity index (χ3n) is 5.85. The fourth-order valence-electron chi connectivity index (χ4n) is 3.89. The Kier molecular flexibility index (Phi) is 13.3. The molecule has 0 spiro atoms. The van der Waals surface area contributed by atoms with Crippen molar-refractivity contribution in [1.82, 2.24) is 10.2 Å². The minimum absolute atomic E-state index is 0.00463. The van der Waals surface area contributed by atoms with Crippen molar-refractivity contribution in [1.29, 1.82) is 0 Å². The van der Waals surface area contributed by atoms with Gasteiger partial charge in [-0.1, -0.05) is 25.8 Å². The Balaban J connectivity index is 2.32. The van der Waals surface area contributed by atoms with Crippen LogP contribution in [0.25, 0.3) is 0 Å². The number of imide groups is 1. The second-order valence-electron chi connectivity index (χ2n) is 8.53. The number of carbonyl (C=O) groups is 3. The lowest BCUT2D eigenvalue weighted by Crippen LogP contribution is -2.40. The lowest BCUT2D eigenvalue weighted by Gasteiger charge is -2.25. The van der Waals surface area contributed by atoms with Crippen LogP contribution in [0.4, 0.5) is 0 Å². The summed E-state index contributed by atoms with van der Waals surface area (Å²) in [5.74, 6) is 2.44. The zero-order valence-corrected chi connectivity index (χ0v) is 19.5. The first-order valence-electron chi connectivity index (χ1n) is 11.8. The highest BCUT2D eigenvalue weighted by Gasteiger charge is 2.34. The highest BCUT2D eigenvalue weighted by molar-refractivity contribution is 6.04. The maximum absolute atomic E-state index is 12.6. The monoisotopic (exact) mass is 428 g/mol. The molecule has 0 bridgehead atoms. The second-order valence-corrected chi connectivity index (χ2v) is 8.53. The van der Waals surface area contributed by atoms with E-state index < -0.39 is 0 Å². The minimum atomic E-state index is -0.189. The summed E-state index contributed by atoms with van der Waals surface area (Å²) in [6, 6.07) is -0.140. The Bertz CT molecular complexity index is 675. The molecule has 0 aromatic rings. The number of hydrogen-bond donors (Lipinski definition) is 1. The molecule has 1 aliphatic rings. The Morgan fingerprint density at radius 2 is 2.00 bits per heavy atom. The van der Waals surface area contributed by atoms with Crippen molar-refractivity contribution in [2.24, 2.45) is 5.92 Å². The maximum Gasteiger partial charge on any atom is 0.253 e. The van der Waals surface area contributed by atoms with Gasteiger partial charge in [0.25, 0.3) is 5.91 Å². The van der Waals surface area contributed by atoms with E-state index in [1.807, 2.05) is 19.9 Å². The number of terminal acetylenes is 1. The number of nitrogens with zero attached hydrogens (tertiary/aromatic N) is 1. The van der Waals surface area contributed by atoms with E-state index >= 15 is 0 Å². The molecule has 0 aliphatic carbocycles. The van der Waals surface area contributed by atoms with Gasteiger partial charge in [-0.15, -0.1) is 18.9 Å². The third-order valence-corrected chi connectivity index (χ3v) is 5.85. The molecule has 1 N–H and O–H groups in total. The number of allylic oxidation sites excluding steroid dienone is 1. The lowest BCUT2D eigenvalue weighted by molar-refractivity contribution is -0.142. The maximum atomic E-state index is 12.6. The second kappa shape index (κ2) is 15.5. The zero-order chi connectivity index (χ0) is 23.1. The summed E-state index contributed by atoms with van der Waals surface area (Å²) < 4.78 is 0. The molecule has 0 aromatic heterocycles. The fourth-order valence-corrected chi connectivity index (χ4v) is 3.89. The predicted molar refractivity (Wildman–Crippen MR) is 126 cm³/mol. The highest BCUT2D eigenvalue weighted by atomic mass is 16.2. The molecule has 0 unspecified atom stereocenters. The van der Waals surface area contributed by atoms with E-state index in [1.165, 1.54) is 4.90 Å². The molecular weight excluding hydrogens is 388 g/mol. The molecule has 172 valence electrons. The van der Waals surface area contributed by atoms with Gasteiger partial charge in [0, 0.05) is 31.4 Å². The van der Waals surface area contributed by atoms with Gasteiger partial charge >= 0.3 is 0 Å². The van der Waals surface area contributed by atoms with Crippen LogP contribution in [-0.2, 0) is 14.4 Å². The number of nitrogens with one attached hydrogen (secondary N) is 1. The van der Waals surface area contributed by atoms with E-state index in [9.17, 15) is 14.4 Å². The number of unbranched alkanes of at least 4 members (excludes halogenated alkanes) is 6. The van der Waals surface area contributed by atoms with Gasteiger partial charge < -0.3 is 5.32 Å². The topological polar surface area (TPSA) is 66.5 Å². The molecule has 0 saturated carbocycles. The van der Waals surface area contributed by atoms with Gasteiger partial charge in [0.15, 0.2) is 0 Å². The first-order valence-corrected chi connectivity index (χ1v) is 11.8. The number of carbonyl (C=O) groups excluding carboxylic acids is 3. The molecule has 0 fully saturated rings. The van der Waals surface area contributed by atoms with Crippen LogP contribution in [0.1, 0.15) is 90.9 Å². The molecule has 1 rings (SSSR count). The zero-order valence-electron chi connectivity index (χ0n) is 19.5. The van der Waals surface area contributed by atoms with Gasteiger partial charge in [-0.3, -0.25) is 19.3 Å². The summed E-state index contributed by atoms with van der Waals surface area (Å²) >= 11 is 0. The van der Waals surface area contributed by atoms with Crippen LogP contribution in [0, 0.1) is 18.3 Å². The Hall–Kier alpha value is -2.35. The average molecular weight is 429 g/mol. The van der Waals surface area contributed by atoms with Crippen LogP contribution in [-0.4, -0.2) is 35.2 Å². The molecule has 2 atom stereocenters. The van der Waals surface area contributed by atoms with E-state index in [-0.39, 0.29) is 29.7 Å². The summed E-state index contributed by atoms with van der Waals surface area (Å²) in [6.07, 6.45) is 18.9. The van der Waals surface area contributed by atoms with Crippen molar-refractivity contribution in [3.8, 4) is 12.3 Å². The molecule has 1 aliphatic heterocycles. The van der Waals surface area contributed by atoms with E-state index in [0.717, 1.165) is 76.2 Å². The van der Waals surface area contributed by atoms with Gasteiger partial charge in [-0.25, -0.2) is 0 Å². The van der Waals surface area contributed by atoms with E-state index in [0.29, 0.717) is 13.0 Å². The van der Waals surface area contributed by atoms with Crippen molar-refractivity contribution in [3.05, 3.63) is 24.3 Å². The van der Waals surface area contributed by atoms with E-state index in [4.69, 9.17) is 6.42 Å². The van der Waals surface area contributed by atoms with Gasteiger partial charge in [0.2, 0.25) is 11.8 Å². The number of rotatable bonds is 16. The Morgan fingerprint density at radius 1 is 1.23 bits per heavy atom. The summed E-state index contributed by atoms with van der Waals surface area (Å²) in [5.41, 5.74) is 0.953. The molecule has 5 heteroatoms. The lowest BCUT2D eigenvalue weighted by atomic mass is 10.0. The molecule has 1 heterocycles. The molecule has 3 amide bonds. The van der Waals surface area contributed by atoms with Crippen LogP contribution < -0.4 is 5.32 Å². The van der Waals surface area contributed by atoms with Gasteiger partial charge in [0.05, 0.1) is 6.04 Å². The Labute approximate surface area is 188 Å². The quantitative estimate of drug-likeness (QED) is 0.215. The number of hydrogen-bond acceptors (Lipinski definition) is 3. The third kappa shape index (κ3) is 10.0. The van der Waals surface area contributed by atoms with Crippen molar-refractivity contribution < 1.29 is 14.4 Å². The number of amides is 3. The molecule has 0 aromatic carbocycles. The standard InChI is InChI=1S/C26H40N2O3/c1-5-7-9-11-13-18-24(29)28-23(22(4)20-25(28)30)17-14-15-19-27-26(31)21(3)16-12-10-8-6-2/h2,5,20-21,23H,1,7-19H2,3-4H3,(H,27,31)/t21-,23+/m1/s1. The van der Waals surface area contributed by atoms with Gasteiger partial charge in [0.1, 0.15) is 0 Å². The van der Waals surface area contributed by atoms with Crippen LogP contribution in [0.2, 0.25) is 0 Å².